The number of allylic oxidation sites excluding steroid dienone is 2. The average Bonchev–Trinajstić information content (AvgIpc) is 3.45. The molecule has 0 aliphatic heterocycles. The van der Waals surface area contributed by atoms with E-state index in [1.807, 2.05) is 0 Å². The van der Waals surface area contributed by atoms with Crippen molar-refractivity contribution in [2.24, 2.45) is 0 Å². The first-order valence-electron chi connectivity index (χ1n) is 11.0. The number of alkyl halides is 3. The van der Waals surface area contributed by atoms with E-state index in [2.05, 4.69) is 15.0 Å². The third-order valence-electron chi connectivity index (χ3n) is 5.79. The Balaban J connectivity index is 1.74. The highest BCUT2D eigenvalue weighted by Crippen LogP contribution is 2.46. The first-order valence-corrected chi connectivity index (χ1v) is 11.0. The summed E-state index contributed by atoms with van der Waals surface area (Å²) in [7, 11) is 2.80. The van der Waals surface area contributed by atoms with Crippen LogP contribution in [0.2, 0.25) is 0 Å². The largest absolute Gasteiger partial charge is 0.573 e. The predicted molar refractivity (Wildman–Crippen MR) is 128 cm³/mol. The molecule has 0 bridgehead atoms. The Morgan fingerprint density at radius 2 is 1.84 bits per heavy atom. The summed E-state index contributed by atoms with van der Waals surface area (Å²) >= 11 is 0. The van der Waals surface area contributed by atoms with E-state index >= 15 is 0 Å². The molecule has 11 heteroatoms. The second-order valence-electron chi connectivity index (χ2n) is 8.11. The number of ether oxygens (including phenoxy) is 3. The highest BCUT2D eigenvalue weighted by Gasteiger charge is 2.33. The summed E-state index contributed by atoms with van der Waals surface area (Å²) in [5, 5.41) is 12.9. The molecule has 0 unspecified atom stereocenters. The van der Waals surface area contributed by atoms with Gasteiger partial charge in [0.1, 0.15) is 11.5 Å². The molecule has 1 heterocycles. The molecule has 0 radical (unpaired) electrons. The molecule has 0 fully saturated rings. The quantitative estimate of drug-likeness (QED) is 0.417. The second kappa shape index (κ2) is 10.3. The standard InChI is InChI=1S/C26H23F3N2O6/c1-14-19(6-15-7-22(34-2)25(33)23(8-15)35-3)18-5-4-16(37-26(27,28)29)9-21(18)20(14)10-24(32)31-12-17-11-30-13-36-17/h4-9,11,13,33H,10,12H2,1-3H3,(H,31,32). The number of benzene rings is 2. The van der Waals surface area contributed by atoms with Gasteiger partial charge < -0.3 is 29.1 Å². The van der Waals surface area contributed by atoms with Crippen LogP contribution in [0.15, 0.2) is 52.9 Å². The number of fused-ring (bicyclic) bond motifs is 1. The number of hydrogen-bond donors (Lipinski definition) is 2. The lowest BCUT2D eigenvalue weighted by Gasteiger charge is -2.12. The average molecular weight is 516 g/mol. The number of aromatic hydroxyl groups is 1. The minimum Gasteiger partial charge on any atom is -0.502 e. The molecule has 0 saturated carbocycles. The third-order valence-corrected chi connectivity index (χ3v) is 5.79. The third kappa shape index (κ3) is 5.71. The molecular weight excluding hydrogens is 493 g/mol. The van der Waals surface area contributed by atoms with Crippen molar-refractivity contribution in [3.05, 3.63) is 70.9 Å². The molecule has 2 aromatic carbocycles. The highest BCUT2D eigenvalue weighted by molar-refractivity contribution is 6.08. The van der Waals surface area contributed by atoms with Gasteiger partial charge in [-0.3, -0.25) is 4.79 Å². The van der Waals surface area contributed by atoms with Gasteiger partial charge in [-0.05, 0) is 70.7 Å². The van der Waals surface area contributed by atoms with Crippen LogP contribution in [0, 0.1) is 0 Å². The van der Waals surface area contributed by atoms with Crippen LogP contribution in [0.3, 0.4) is 0 Å². The number of phenols is 1. The first-order chi connectivity index (χ1) is 17.6. The van der Waals surface area contributed by atoms with Crippen LogP contribution in [-0.4, -0.2) is 36.6 Å². The molecule has 37 heavy (non-hydrogen) atoms. The second-order valence-corrected chi connectivity index (χ2v) is 8.11. The van der Waals surface area contributed by atoms with Gasteiger partial charge in [0.05, 0.1) is 33.4 Å². The zero-order valence-electron chi connectivity index (χ0n) is 20.1. The Bertz CT molecular complexity index is 1350. The smallest absolute Gasteiger partial charge is 0.502 e. The number of methoxy groups -OCH3 is 2. The molecule has 3 aromatic rings. The maximum atomic E-state index is 12.9. The van der Waals surface area contributed by atoms with Crippen molar-refractivity contribution in [2.75, 3.05) is 14.2 Å². The predicted octanol–water partition coefficient (Wildman–Crippen LogP) is 5.33. The molecule has 2 N–H and O–H groups in total. The van der Waals surface area contributed by atoms with Crippen molar-refractivity contribution in [1.29, 1.82) is 0 Å². The zero-order chi connectivity index (χ0) is 26.7. The monoisotopic (exact) mass is 516 g/mol. The van der Waals surface area contributed by atoms with E-state index < -0.39 is 12.1 Å². The Labute approximate surface area is 210 Å². The lowest BCUT2D eigenvalue weighted by atomic mass is 10.00. The van der Waals surface area contributed by atoms with Gasteiger partial charge in [-0.15, -0.1) is 13.2 Å². The first kappa shape index (κ1) is 25.7. The number of aromatic nitrogens is 1. The number of nitrogens with one attached hydrogen (secondary N) is 1. The number of nitrogens with zero attached hydrogens (tertiary/aromatic N) is 1. The fraction of sp³-hybridized carbons (Fsp3) is 0.231. The maximum Gasteiger partial charge on any atom is 0.573 e. The number of hydrogen-bond acceptors (Lipinski definition) is 7. The molecule has 1 aliphatic carbocycles. The van der Waals surface area contributed by atoms with Gasteiger partial charge in [0.15, 0.2) is 17.9 Å². The van der Waals surface area contributed by atoms with Crippen LogP contribution < -0.4 is 19.5 Å². The minimum atomic E-state index is -4.86. The fourth-order valence-electron chi connectivity index (χ4n) is 4.09. The minimum absolute atomic E-state index is 0.0952. The van der Waals surface area contributed by atoms with Crippen molar-refractivity contribution < 1.29 is 41.7 Å². The molecule has 1 aliphatic rings. The van der Waals surface area contributed by atoms with Crippen LogP contribution in [0.25, 0.3) is 17.2 Å². The van der Waals surface area contributed by atoms with E-state index in [1.54, 1.807) is 25.1 Å². The molecule has 4 rings (SSSR count). The van der Waals surface area contributed by atoms with Gasteiger partial charge in [0.2, 0.25) is 11.7 Å². The van der Waals surface area contributed by atoms with Crippen LogP contribution in [0.1, 0.15) is 35.8 Å². The summed E-state index contributed by atoms with van der Waals surface area (Å²) in [6.07, 6.45) is -0.464. The lowest BCUT2D eigenvalue weighted by molar-refractivity contribution is -0.274. The Kier molecular flexibility index (Phi) is 7.14. The van der Waals surface area contributed by atoms with E-state index in [4.69, 9.17) is 13.9 Å². The number of carbonyl (C=O) groups is 1. The van der Waals surface area contributed by atoms with Crippen molar-refractivity contribution in [3.63, 3.8) is 0 Å². The van der Waals surface area contributed by atoms with Crippen molar-refractivity contribution in [1.82, 2.24) is 10.3 Å². The summed E-state index contributed by atoms with van der Waals surface area (Å²) in [5.74, 6) is -0.0771. The molecule has 1 amide bonds. The molecular formula is C26H23F3N2O6. The molecule has 1 aromatic heterocycles. The van der Waals surface area contributed by atoms with Crippen molar-refractivity contribution >= 4 is 23.1 Å². The van der Waals surface area contributed by atoms with Gasteiger partial charge in [-0.25, -0.2) is 4.98 Å². The van der Waals surface area contributed by atoms with Crippen molar-refractivity contribution in [3.8, 4) is 23.0 Å². The number of halogens is 3. The molecule has 8 nitrogen and oxygen atoms in total. The van der Waals surface area contributed by atoms with Crippen LogP contribution in [-0.2, 0) is 11.3 Å². The van der Waals surface area contributed by atoms with E-state index in [0.717, 1.165) is 0 Å². The van der Waals surface area contributed by atoms with E-state index in [1.165, 1.54) is 45.0 Å². The molecule has 0 saturated heterocycles. The zero-order valence-corrected chi connectivity index (χ0v) is 20.1. The number of amides is 1. The highest BCUT2D eigenvalue weighted by atomic mass is 19.4. The van der Waals surface area contributed by atoms with Gasteiger partial charge in [0.25, 0.3) is 0 Å². The van der Waals surface area contributed by atoms with Gasteiger partial charge in [0, 0.05) is 0 Å². The Hall–Kier alpha value is -4.41. The van der Waals surface area contributed by atoms with E-state index in [-0.39, 0.29) is 36.1 Å². The lowest BCUT2D eigenvalue weighted by Crippen LogP contribution is -2.22. The van der Waals surface area contributed by atoms with Gasteiger partial charge in [-0.2, -0.15) is 0 Å². The number of carbonyl (C=O) groups excluding carboxylic acids is 1. The van der Waals surface area contributed by atoms with E-state index in [0.29, 0.717) is 39.2 Å². The van der Waals surface area contributed by atoms with Crippen LogP contribution >= 0.6 is 0 Å². The number of rotatable bonds is 8. The molecule has 194 valence electrons. The topological polar surface area (TPSA) is 103 Å². The summed E-state index contributed by atoms with van der Waals surface area (Å²) < 4.78 is 58.3. The SMILES string of the molecule is COc1cc(C=C2C(C)=C(CC(=O)NCc3cnco3)c3cc(OC(F)(F)F)ccc32)cc(OC)c1O. The van der Waals surface area contributed by atoms with Gasteiger partial charge in [-0.1, -0.05) is 6.07 Å². The molecule has 0 atom stereocenters. The van der Waals surface area contributed by atoms with E-state index in [9.17, 15) is 23.1 Å². The number of oxazole rings is 1. The summed E-state index contributed by atoms with van der Waals surface area (Å²) in [5.41, 5.74) is 3.59. The summed E-state index contributed by atoms with van der Waals surface area (Å²) in [4.78, 5) is 16.5. The van der Waals surface area contributed by atoms with Gasteiger partial charge >= 0.3 is 6.36 Å². The summed E-state index contributed by atoms with van der Waals surface area (Å²) in [6, 6.07) is 7.20. The maximum absolute atomic E-state index is 12.9. The summed E-state index contributed by atoms with van der Waals surface area (Å²) in [6.45, 7) is 1.90. The fourth-order valence-corrected chi connectivity index (χ4v) is 4.09. The Morgan fingerprint density at radius 1 is 1.14 bits per heavy atom. The normalized spacial score (nSPS) is 14.1. The Morgan fingerprint density at radius 3 is 2.43 bits per heavy atom. The van der Waals surface area contributed by atoms with Crippen LogP contribution in [0.5, 0.6) is 23.0 Å². The molecule has 0 spiro atoms. The van der Waals surface area contributed by atoms with Crippen molar-refractivity contribution in [2.45, 2.75) is 26.3 Å². The van der Waals surface area contributed by atoms with Crippen LogP contribution in [0.4, 0.5) is 13.2 Å². The number of phenolic OH excluding ortho intramolecular Hbond substituents is 1.